The number of aromatic nitrogens is 1. The third kappa shape index (κ3) is 3.37. The van der Waals surface area contributed by atoms with Crippen LogP contribution in [0.3, 0.4) is 0 Å². The number of nitrogens with one attached hydrogen (secondary N) is 1. The molecule has 1 fully saturated rings. The van der Waals surface area contributed by atoms with Crippen LogP contribution >= 0.6 is 0 Å². The van der Waals surface area contributed by atoms with Crippen LogP contribution in [0.5, 0.6) is 5.88 Å². The topological polar surface area (TPSA) is 74.8 Å². The Morgan fingerprint density at radius 2 is 1.85 bits per heavy atom. The lowest BCUT2D eigenvalue weighted by molar-refractivity contribution is -0.130. The van der Waals surface area contributed by atoms with Gasteiger partial charge in [-0.25, -0.2) is 9.78 Å². The van der Waals surface area contributed by atoms with Crippen molar-refractivity contribution >= 4 is 17.6 Å². The van der Waals surface area contributed by atoms with E-state index >= 15 is 0 Å². The first kappa shape index (κ1) is 14.1. The number of hydrogen-bond acceptors (Lipinski definition) is 4. The highest BCUT2D eigenvalue weighted by Gasteiger charge is 2.22. The number of piperazine rings is 1. The Labute approximate surface area is 117 Å². The van der Waals surface area contributed by atoms with Crippen LogP contribution in [-0.2, 0) is 4.79 Å². The SMILES string of the molecule is COc1ccc(NC(=O)N2CCN(C(C)=O)CC2)cn1. The van der Waals surface area contributed by atoms with E-state index in [1.54, 1.807) is 35.1 Å². The summed E-state index contributed by atoms with van der Waals surface area (Å²) in [5.41, 5.74) is 0.616. The molecular weight excluding hydrogens is 260 g/mol. The molecular formula is C13H18N4O3. The fourth-order valence-corrected chi connectivity index (χ4v) is 2.00. The van der Waals surface area contributed by atoms with Gasteiger partial charge in [0.15, 0.2) is 0 Å². The number of ether oxygens (including phenoxy) is 1. The molecule has 0 atom stereocenters. The van der Waals surface area contributed by atoms with E-state index in [0.717, 1.165) is 0 Å². The number of urea groups is 1. The normalized spacial score (nSPS) is 14.9. The molecule has 0 saturated carbocycles. The molecule has 2 heterocycles. The quantitative estimate of drug-likeness (QED) is 0.867. The molecule has 0 spiro atoms. The van der Waals surface area contributed by atoms with Gasteiger partial charge in [0.05, 0.1) is 19.0 Å². The zero-order valence-electron chi connectivity index (χ0n) is 11.6. The van der Waals surface area contributed by atoms with Crippen molar-refractivity contribution in [1.82, 2.24) is 14.8 Å². The molecule has 2 rings (SSSR count). The highest BCUT2D eigenvalue weighted by molar-refractivity contribution is 5.89. The molecule has 1 saturated heterocycles. The predicted molar refractivity (Wildman–Crippen MR) is 73.6 cm³/mol. The third-order valence-electron chi connectivity index (χ3n) is 3.21. The van der Waals surface area contributed by atoms with E-state index in [4.69, 9.17) is 4.74 Å². The Bertz CT molecular complexity index is 481. The van der Waals surface area contributed by atoms with Gasteiger partial charge in [0.25, 0.3) is 0 Å². The summed E-state index contributed by atoms with van der Waals surface area (Å²) in [4.78, 5) is 30.7. The van der Waals surface area contributed by atoms with Crippen molar-refractivity contribution < 1.29 is 14.3 Å². The van der Waals surface area contributed by atoms with Crippen molar-refractivity contribution in [2.75, 3.05) is 38.6 Å². The fraction of sp³-hybridized carbons (Fsp3) is 0.462. The van der Waals surface area contributed by atoms with Gasteiger partial charge in [-0.3, -0.25) is 4.79 Å². The molecule has 3 amide bonds. The lowest BCUT2D eigenvalue weighted by Gasteiger charge is -2.34. The van der Waals surface area contributed by atoms with Crippen molar-refractivity contribution in [3.8, 4) is 5.88 Å². The average Bonchev–Trinajstić information content (AvgIpc) is 2.48. The minimum absolute atomic E-state index is 0.0458. The Morgan fingerprint density at radius 1 is 1.20 bits per heavy atom. The van der Waals surface area contributed by atoms with E-state index in [0.29, 0.717) is 37.7 Å². The summed E-state index contributed by atoms with van der Waals surface area (Å²) in [5, 5.41) is 2.77. The van der Waals surface area contributed by atoms with Gasteiger partial charge in [0, 0.05) is 39.2 Å². The van der Waals surface area contributed by atoms with Crippen LogP contribution in [0.4, 0.5) is 10.5 Å². The maximum absolute atomic E-state index is 12.1. The molecule has 0 aromatic carbocycles. The lowest BCUT2D eigenvalue weighted by atomic mass is 10.3. The van der Waals surface area contributed by atoms with Crippen LogP contribution in [0.1, 0.15) is 6.92 Å². The van der Waals surface area contributed by atoms with Gasteiger partial charge in [0.1, 0.15) is 0 Å². The second-order valence-electron chi connectivity index (χ2n) is 4.51. The summed E-state index contributed by atoms with van der Waals surface area (Å²) >= 11 is 0. The molecule has 108 valence electrons. The minimum Gasteiger partial charge on any atom is -0.481 e. The molecule has 0 unspecified atom stereocenters. The second kappa shape index (κ2) is 6.23. The summed E-state index contributed by atoms with van der Waals surface area (Å²) in [7, 11) is 1.54. The number of carbonyl (C=O) groups is 2. The number of carbonyl (C=O) groups excluding carboxylic acids is 2. The van der Waals surface area contributed by atoms with Crippen LogP contribution in [0.15, 0.2) is 18.3 Å². The maximum atomic E-state index is 12.1. The van der Waals surface area contributed by atoms with E-state index in [9.17, 15) is 9.59 Å². The number of hydrogen-bond donors (Lipinski definition) is 1. The van der Waals surface area contributed by atoms with Crippen molar-refractivity contribution in [1.29, 1.82) is 0 Å². The Hall–Kier alpha value is -2.31. The third-order valence-corrected chi connectivity index (χ3v) is 3.21. The number of pyridine rings is 1. The van der Waals surface area contributed by atoms with Crippen LogP contribution in [0.2, 0.25) is 0 Å². The first-order chi connectivity index (χ1) is 9.60. The smallest absolute Gasteiger partial charge is 0.322 e. The predicted octanol–water partition coefficient (Wildman–Crippen LogP) is 0.786. The second-order valence-corrected chi connectivity index (χ2v) is 4.51. The van der Waals surface area contributed by atoms with Crippen molar-refractivity contribution in [2.45, 2.75) is 6.92 Å². The zero-order valence-corrected chi connectivity index (χ0v) is 11.6. The van der Waals surface area contributed by atoms with Gasteiger partial charge in [-0.05, 0) is 6.07 Å². The molecule has 1 aliphatic rings. The van der Waals surface area contributed by atoms with Crippen LogP contribution < -0.4 is 10.1 Å². The molecule has 7 nitrogen and oxygen atoms in total. The standard InChI is InChI=1S/C13H18N4O3/c1-10(18)16-5-7-17(8-6-16)13(19)15-11-3-4-12(20-2)14-9-11/h3-4,9H,5-8H2,1-2H3,(H,15,19). The number of methoxy groups -OCH3 is 1. The summed E-state index contributed by atoms with van der Waals surface area (Å²) in [6.07, 6.45) is 1.54. The molecule has 0 aliphatic carbocycles. The van der Waals surface area contributed by atoms with E-state index in [2.05, 4.69) is 10.3 Å². The van der Waals surface area contributed by atoms with Gasteiger partial charge in [-0.1, -0.05) is 0 Å². The molecule has 0 bridgehead atoms. The molecule has 1 aliphatic heterocycles. The molecule has 0 radical (unpaired) electrons. The van der Waals surface area contributed by atoms with E-state index < -0.39 is 0 Å². The van der Waals surface area contributed by atoms with E-state index in [1.165, 1.54) is 7.11 Å². The number of amides is 3. The largest absolute Gasteiger partial charge is 0.481 e. The van der Waals surface area contributed by atoms with Gasteiger partial charge >= 0.3 is 6.03 Å². The van der Waals surface area contributed by atoms with E-state index in [1.807, 2.05) is 0 Å². The summed E-state index contributed by atoms with van der Waals surface area (Å²) in [6.45, 7) is 3.76. The van der Waals surface area contributed by atoms with Gasteiger partial charge in [-0.15, -0.1) is 0 Å². The Morgan fingerprint density at radius 3 is 2.35 bits per heavy atom. The fourth-order valence-electron chi connectivity index (χ4n) is 2.00. The van der Waals surface area contributed by atoms with Crippen molar-refractivity contribution in [3.63, 3.8) is 0 Å². The lowest BCUT2D eigenvalue weighted by Crippen LogP contribution is -2.51. The van der Waals surface area contributed by atoms with E-state index in [-0.39, 0.29) is 11.9 Å². The van der Waals surface area contributed by atoms with Crippen LogP contribution in [0.25, 0.3) is 0 Å². The molecule has 1 aromatic heterocycles. The number of nitrogens with zero attached hydrogens (tertiary/aromatic N) is 3. The van der Waals surface area contributed by atoms with Gasteiger partial charge < -0.3 is 19.9 Å². The first-order valence-corrected chi connectivity index (χ1v) is 6.41. The highest BCUT2D eigenvalue weighted by Crippen LogP contribution is 2.12. The Balaban J connectivity index is 1.87. The first-order valence-electron chi connectivity index (χ1n) is 6.41. The summed E-state index contributed by atoms with van der Waals surface area (Å²) in [5.74, 6) is 0.544. The maximum Gasteiger partial charge on any atom is 0.322 e. The monoisotopic (exact) mass is 278 g/mol. The number of anilines is 1. The molecule has 1 N–H and O–H groups in total. The van der Waals surface area contributed by atoms with Crippen molar-refractivity contribution in [2.24, 2.45) is 0 Å². The highest BCUT2D eigenvalue weighted by atomic mass is 16.5. The van der Waals surface area contributed by atoms with Gasteiger partial charge in [-0.2, -0.15) is 0 Å². The molecule has 1 aromatic rings. The minimum atomic E-state index is -0.180. The van der Waals surface area contributed by atoms with Gasteiger partial charge in [0.2, 0.25) is 11.8 Å². The molecule has 7 heteroatoms. The average molecular weight is 278 g/mol. The van der Waals surface area contributed by atoms with Crippen LogP contribution in [0, 0.1) is 0 Å². The molecule has 20 heavy (non-hydrogen) atoms. The summed E-state index contributed by atoms with van der Waals surface area (Å²) < 4.78 is 4.95. The summed E-state index contributed by atoms with van der Waals surface area (Å²) in [6, 6.07) is 3.24. The van der Waals surface area contributed by atoms with Crippen LogP contribution in [-0.4, -0.2) is 60.0 Å². The van der Waals surface area contributed by atoms with Crippen molar-refractivity contribution in [3.05, 3.63) is 18.3 Å². The number of rotatable bonds is 2. The Kier molecular flexibility index (Phi) is 4.39. The zero-order chi connectivity index (χ0) is 14.5.